The van der Waals surface area contributed by atoms with Crippen LogP contribution < -0.4 is 0 Å². The van der Waals surface area contributed by atoms with E-state index in [1.807, 2.05) is 33.8 Å². The Morgan fingerprint density at radius 1 is 1.33 bits per heavy atom. The van der Waals surface area contributed by atoms with Crippen molar-refractivity contribution in [3.63, 3.8) is 0 Å². The largest absolute Gasteiger partial charge is 0.475 e. The molecule has 0 amide bonds. The summed E-state index contributed by atoms with van der Waals surface area (Å²) >= 11 is 6.12. The zero-order valence-corrected chi connectivity index (χ0v) is 11.6. The second-order valence-corrected chi connectivity index (χ2v) is 5.89. The molecule has 1 aromatic carbocycles. The molecule has 3 nitrogen and oxygen atoms in total. The number of carboxylic acid groups (broad SMARTS) is 1. The number of benzene rings is 1. The maximum absolute atomic E-state index is 11.3. The summed E-state index contributed by atoms with van der Waals surface area (Å²) in [5, 5.41) is 10.5. The highest BCUT2D eigenvalue weighted by atomic mass is 35.5. The number of fused-ring (bicyclic) bond motifs is 1. The van der Waals surface area contributed by atoms with Crippen molar-refractivity contribution >= 4 is 28.5 Å². The fourth-order valence-electron chi connectivity index (χ4n) is 2.19. The van der Waals surface area contributed by atoms with Crippen molar-refractivity contribution < 1.29 is 14.3 Å². The van der Waals surface area contributed by atoms with E-state index in [2.05, 4.69) is 0 Å². The van der Waals surface area contributed by atoms with Crippen molar-refractivity contribution in [2.24, 2.45) is 0 Å². The summed E-state index contributed by atoms with van der Waals surface area (Å²) in [6, 6.07) is 3.68. The number of hydrogen-bond acceptors (Lipinski definition) is 2. The maximum Gasteiger partial charge on any atom is 0.372 e. The van der Waals surface area contributed by atoms with Crippen LogP contribution in [0.5, 0.6) is 0 Å². The molecule has 0 saturated carbocycles. The van der Waals surface area contributed by atoms with Gasteiger partial charge in [-0.1, -0.05) is 32.4 Å². The minimum absolute atomic E-state index is 0.0231. The van der Waals surface area contributed by atoms with Gasteiger partial charge in [-0.05, 0) is 30.0 Å². The highest BCUT2D eigenvalue weighted by molar-refractivity contribution is 6.35. The number of aromatic carboxylic acids is 1. The third-order valence-electron chi connectivity index (χ3n) is 2.83. The molecule has 1 heterocycles. The molecule has 0 spiro atoms. The first-order chi connectivity index (χ1) is 8.21. The van der Waals surface area contributed by atoms with Crippen LogP contribution in [0.2, 0.25) is 5.02 Å². The molecule has 96 valence electrons. The highest BCUT2D eigenvalue weighted by Crippen LogP contribution is 2.38. The minimum Gasteiger partial charge on any atom is -0.475 e. The lowest BCUT2D eigenvalue weighted by atomic mass is 9.84. The van der Waals surface area contributed by atoms with Crippen LogP contribution in [0, 0.1) is 6.92 Å². The summed E-state index contributed by atoms with van der Waals surface area (Å²) < 4.78 is 5.44. The zero-order valence-electron chi connectivity index (χ0n) is 10.8. The Bertz CT molecular complexity index is 633. The molecular weight excluding hydrogens is 252 g/mol. The van der Waals surface area contributed by atoms with Crippen LogP contribution in [0.3, 0.4) is 0 Å². The van der Waals surface area contributed by atoms with Crippen molar-refractivity contribution in [3.05, 3.63) is 34.0 Å². The first-order valence-corrected chi connectivity index (χ1v) is 6.06. The van der Waals surface area contributed by atoms with E-state index in [4.69, 9.17) is 16.0 Å². The number of furan rings is 1. The first kappa shape index (κ1) is 13.0. The Morgan fingerprint density at radius 3 is 2.44 bits per heavy atom. The van der Waals surface area contributed by atoms with Gasteiger partial charge in [0.05, 0.1) is 5.02 Å². The summed E-state index contributed by atoms with van der Waals surface area (Å²) in [4.78, 5) is 11.3. The molecule has 0 unspecified atom stereocenters. The van der Waals surface area contributed by atoms with Crippen molar-refractivity contribution in [1.82, 2.24) is 0 Å². The smallest absolute Gasteiger partial charge is 0.372 e. The van der Waals surface area contributed by atoms with Gasteiger partial charge in [0.25, 0.3) is 0 Å². The molecule has 0 bridgehead atoms. The van der Waals surface area contributed by atoms with Crippen molar-refractivity contribution in [1.29, 1.82) is 0 Å². The Morgan fingerprint density at radius 2 is 1.94 bits per heavy atom. The van der Waals surface area contributed by atoms with E-state index in [9.17, 15) is 9.90 Å². The summed E-state index contributed by atoms with van der Waals surface area (Å²) in [6.07, 6.45) is 0. The Labute approximate surface area is 110 Å². The van der Waals surface area contributed by atoms with Crippen molar-refractivity contribution in [2.75, 3.05) is 0 Å². The molecule has 0 saturated heterocycles. The lowest BCUT2D eigenvalue weighted by Crippen LogP contribution is -2.15. The van der Waals surface area contributed by atoms with E-state index in [0.29, 0.717) is 16.2 Å². The third kappa shape index (κ3) is 1.99. The van der Waals surface area contributed by atoms with Gasteiger partial charge in [-0.25, -0.2) is 4.79 Å². The second-order valence-electron chi connectivity index (χ2n) is 5.48. The van der Waals surface area contributed by atoms with Gasteiger partial charge in [-0.2, -0.15) is 0 Å². The molecule has 18 heavy (non-hydrogen) atoms. The van der Waals surface area contributed by atoms with Crippen LogP contribution in [0.15, 0.2) is 16.5 Å². The molecule has 0 fully saturated rings. The van der Waals surface area contributed by atoms with E-state index >= 15 is 0 Å². The SMILES string of the molecule is Cc1cc(Cl)c2oc(C(=O)O)c(C(C)(C)C)c2c1. The normalized spacial score (nSPS) is 12.1. The maximum atomic E-state index is 11.3. The van der Waals surface area contributed by atoms with Crippen LogP contribution in [-0.4, -0.2) is 11.1 Å². The topological polar surface area (TPSA) is 50.4 Å². The number of rotatable bonds is 1. The molecule has 0 aliphatic rings. The molecule has 0 atom stereocenters. The van der Waals surface area contributed by atoms with Crippen LogP contribution in [0.4, 0.5) is 0 Å². The number of carbonyl (C=O) groups is 1. The van der Waals surface area contributed by atoms with Crippen LogP contribution in [0.1, 0.15) is 42.5 Å². The van der Waals surface area contributed by atoms with Gasteiger partial charge in [-0.3, -0.25) is 0 Å². The van der Waals surface area contributed by atoms with Gasteiger partial charge in [0.2, 0.25) is 5.76 Å². The quantitative estimate of drug-likeness (QED) is 0.833. The second kappa shape index (κ2) is 4.02. The first-order valence-electron chi connectivity index (χ1n) is 5.68. The summed E-state index contributed by atoms with van der Waals surface area (Å²) in [7, 11) is 0. The molecular formula is C14H15ClO3. The predicted octanol–water partition coefficient (Wildman–Crippen LogP) is 4.39. The number of carboxylic acids is 1. The Balaban J connectivity index is 2.95. The average molecular weight is 267 g/mol. The summed E-state index contributed by atoms with van der Waals surface area (Å²) in [5.74, 6) is -1.09. The third-order valence-corrected chi connectivity index (χ3v) is 3.11. The lowest BCUT2D eigenvalue weighted by Gasteiger charge is -2.18. The average Bonchev–Trinajstić information content (AvgIpc) is 2.56. The summed E-state index contributed by atoms with van der Waals surface area (Å²) in [5.41, 5.74) is 1.80. The van der Waals surface area contributed by atoms with E-state index < -0.39 is 5.97 Å². The number of hydrogen-bond donors (Lipinski definition) is 1. The standard InChI is InChI=1S/C14H15ClO3/c1-7-5-8-10(14(2,3)4)12(13(16)17)18-11(8)9(15)6-7/h5-6H,1-4H3,(H,16,17). The van der Waals surface area contributed by atoms with Crippen LogP contribution in [0.25, 0.3) is 11.0 Å². The molecule has 1 N–H and O–H groups in total. The van der Waals surface area contributed by atoms with Gasteiger partial charge in [-0.15, -0.1) is 0 Å². The van der Waals surface area contributed by atoms with E-state index in [1.165, 1.54) is 0 Å². The summed E-state index contributed by atoms with van der Waals surface area (Å²) in [6.45, 7) is 7.80. The van der Waals surface area contributed by atoms with Gasteiger partial charge >= 0.3 is 5.97 Å². The molecule has 0 aliphatic heterocycles. The molecule has 4 heteroatoms. The fourth-order valence-corrected chi connectivity index (χ4v) is 2.50. The highest BCUT2D eigenvalue weighted by Gasteiger charge is 2.29. The molecule has 0 radical (unpaired) electrons. The van der Waals surface area contributed by atoms with Gasteiger partial charge < -0.3 is 9.52 Å². The van der Waals surface area contributed by atoms with Crippen LogP contribution in [-0.2, 0) is 5.41 Å². The molecule has 1 aromatic heterocycles. The monoisotopic (exact) mass is 266 g/mol. The fraction of sp³-hybridized carbons (Fsp3) is 0.357. The predicted molar refractivity (Wildman–Crippen MR) is 71.6 cm³/mol. The Kier molecular flexibility index (Phi) is 2.90. The zero-order chi connectivity index (χ0) is 13.7. The van der Waals surface area contributed by atoms with Gasteiger partial charge in [0, 0.05) is 10.9 Å². The van der Waals surface area contributed by atoms with E-state index in [-0.39, 0.29) is 11.2 Å². The van der Waals surface area contributed by atoms with E-state index in [1.54, 1.807) is 6.07 Å². The molecule has 2 aromatic rings. The lowest BCUT2D eigenvalue weighted by molar-refractivity contribution is 0.0661. The molecule has 2 rings (SSSR count). The number of halogens is 1. The van der Waals surface area contributed by atoms with E-state index in [0.717, 1.165) is 10.9 Å². The van der Waals surface area contributed by atoms with Gasteiger partial charge in [0.1, 0.15) is 0 Å². The minimum atomic E-state index is -1.06. The van der Waals surface area contributed by atoms with Crippen molar-refractivity contribution in [2.45, 2.75) is 33.1 Å². The van der Waals surface area contributed by atoms with Gasteiger partial charge in [0.15, 0.2) is 5.58 Å². The molecule has 0 aliphatic carbocycles. The Hall–Kier alpha value is -1.48. The van der Waals surface area contributed by atoms with Crippen LogP contribution >= 0.6 is 11.6 Å². The number of aryl methyl sites for hydroxylation is 1. The van der Waals surface area contributed by atoms with Crippen molar-refractivity contribution in [3.8, 4) is 0 Å².